The van der Waals surface area contributed by atoms with Crippen molar-refractivity contribution in [3.05, 3.63) is 194 Å². The zero-order chi connectivity index (χ0) is 33.3. The lowest BCUT2D eigenvalue weighted by Crippen LogP contribution is -1.96. The first kappa shape index (κ1) is 29.5. The highest BCUT2D eigenvalue weighted by Gasteiger charge is 2.14. The molecule has 0 N–H and O–H groups in total. The molecule has 1 aromatic heterocycles. The SMILES string of the molecule is c1ccc(-c2cccc(-c3cccc(-c4cccc(-c5ccc(-c6nc(-c7ccccc7)c7ccc8ccccc8c7n6)cc5)c4)c3)c2)cc1. The van der Waals surface area contributed by atoms with Crippen LogP contribution in [0.4, 0.5) is 0 Å². The molecule has 0 aliphatic carbocycles. The molecular weight excluding hydrogens is 605 g/mol. The molecule has 2 heteroatoms. The highest BCUT2D eigenvalue weighted by Crippen LogP contribution is 2.35. The van der Waals surface area contributed by atoms with Crippen LogP contribution < -0.4 is 0 Å². The molecule has 0 aliphatic heterocycles. The van der Waals surface area contributed by atoms with Gasteiger partial charge in [0.25, 0.3) is 0 Å². The lowest BCUT2D eigenvalue weighted by Gasteiger charge is -2.12. The molecule has 50 heavy (non-hydrogen) atoms. The number of hydrogen-bond donors (Lipinski definition) is 0. The minimum atomic E-state index is 0.723. The van der Waals surface area contributed by atoms with Crippen molar-refractivity contribution in [2.75, 3.05) is 0 Å². The summed E-state index contributed by atoms with van der Waals surface area (Å²) in [6, 6.07) is 68.7. The van der Waals surface area contributed by atoms with Crippen molar-refractivity contribution in [2.24, 2.45) is 0 Å². The van der Waals surface area contributed by atoms with Gasteiger partial charge in [-0.25, -0.2) is 9.97 Å². The molecule has 0 unspecified atom stereocenters. The normalized spacial score (nSPS) is 11.2. The van der Waals surface area contributed by atoms with E-state index in [1.807, 2.05) is 6.07 Å². The van der Waals surface area contributed by atoms with Crippen LogP contribution in [0.25, 0.3) is 88.8 Å². The maximum atomic E-state index is 5.16. The van der Waals surface area contributed by atoms with E-state index in [0.717, 1.165) is 44.5 Å². The largest absolute Gasteiger partial charge is 0.227 e. The molecule has 0 spiro atoms. The third kappa shape index (κ3) is 5.63. The van der Waals surface area contributed by atoms with Crippen LogP contribution in [0, 0.1) is 0 Å². The van der Waals surface area contributed by atoms with Gasteiger partial charge in [-0.3, -0.25) is 0 Å². The Morgan fingerprint density at radius 2 is 0.700 bits per heavy atom. The van der Waals surface area contributed by atoms with E-state index in [2.05, 4.69) is 188 Å². The minimum Gasteiger partial charge on any atom is -0.227 e. The molecule has 0 radical (unpaired) electrons. The summed E-state index contributed by atoms with van der Waals surface area (Å²) in [5, 5.41) is 3.36. The molecule has 8 aromatic carbocycles. The van der Waals surface area contributed by atoms with Gasteiger partial charge >= 0.3 is 0 Å². The Morgan fingerprint density at radius 1 is 0.260 bits per heavy atom. The van der Waals surface area contributed by atoms with Crippen LogP contribution in [0.2, 0.25) is 0 Å². The summed E-state index contributed by atoms with van der Waals surface area (Å²) in [5.41, 5.74) is 13.5. The standard InChI is InChI=1S/C48H32N2/c1-3-12-33(13-4-1)38-17-9-19-40(30-38)42-21-11-22-43(32-42)41-20-10-18-39(31-41)34-24-26-37(27-25-34)48-49-46(36-15-5-2-6-16-36)45-29-28-35-14-7-8-23-44(35)47(45)50-48/h1-32H. The maximum Gasteiger partial charge on any atom is 0.160 e. The van der Waals surface area contributed by atoms with E-state index in [0.29, 0.717) is 0 Å². The molecule has 234 valence electrons. The number of aromatic nitrogens is 2. The second kappa shape index (κ2) is 12.8. The van der Waals surface area contributed by atoms with Gasteiger partial charge in [0.15, 0.2) is 5.82 Å². The number of benzene rings is 8. The Bertz CT molecular complexity index is 2620. The first-order valence-corrected chi connectivity index (χ1v) is 17.0. The van der Waals surface area contributed by atoms with Crippen LogP contribution in [-0.2, 0) is 0 Å². The summed E-state index contributed by atoms with van der Waals surface area (Å²) < 4.78 is 0. The summed E-state index contributed by atoms with van der Waals surface area (Å²) >= 11 is 0. The Labute approximate surface area is 292 Å². The number of nitrogens with zero attached hydrogens (tertiary/aromatic N) is 2. The molecule has 0 fully saturated rings. The molecule has 0 amide bonds. The molecule has 0 bridgehead atoms. The average Bonchev–Trinajstić information content (AvgIpc) is 3.21. The van der Waals surface area contributed by atoms with E-state index < -0.39 is 0 Å². The van der Waals surface area contributed by atoms with E-state index in [-0.39, 0.29) is 0 Å². The molecule has 1 heterocycles. The van der Waals surface area contributed by atoms with Gasteiger partial charge in [-0.05, 0) is 74.2 Å². The van der Waals surface area contributed by atoms with Gasteiger partial charge in [-0.2, -0.15) is 0 Å². The van der Waals surface area contributed by atoms with Crippen LogP contribution in [0.5, 0.6) is 0 Å². The quantitative estimate of drug-likeness (QED) is 0.170. The molecule has 2 nitrogen and oxygen atoms in total. The monoisotopic (exact) mass is 636 g/mol. The highest BCUT2D eigenvalue weighted by atomic mass is 14.9. The van der Waals surface area contributed by atoms with Crippen molar-refractivity contribution < 1.29 is 0 Å². The Morgan fingerprint density at radius 3 is 1.28 bits per heavy atom. The minimum absolute atomic E-state index is 0.723. The fourth-order valence-corrected chi connectivity index (χ4v) is 6.89. The Kier molecular flexibility index (Phi) is 7.53. The third-order valence-corrected chi connectivity index (χ3v) is 9.48. The van der Waals surface area contributed by atoms with Crippen LogP contribution in [0.15, 0.2) is 194 Å². The van der Waals surface area contributed by atoms with Crippen molar-refractivity contribution >= 4 is 21.7 Å². The summed E-state index contributed by atoms with van der Waals surface area (Å²) in [5.74, 6) is 0.723. The van der Waals surface area contributed by atoms with Gasteiger partial charge in [-0.1, -0.05) is 170 Å². The molecule has 0 saturated carbocycles. The van der Waals surface area contributed by atoms with E-state index in [1.165, 1.54) is 44.3 Å². The predicted octanol–water partition coefficient (Wildman–Crippen LogP) is 12.8. The lowest BCUT2D eigenvalue weighted by atomic mass is 9.94. The summed E-state index contributed by atoms with van der Waals surface area (Å²) in [6.45, 7) is 0. The fraction of sp³-hybridized carbons (Fsp3) is 0. The number of fused-ring (bicyclic) bond motifs is 3. The van der Waals surface area contributed by atoms with Crippen LogP contribution in [0.3, 0.4) is 0 Å². The predicted molar refractivity (Wildman–Crippen MR) is 210 cm³/mol. The summed E-state index contributed by atoms with van der Waals surface area (Å²) in [4.78, 5) is 10.3. The van der Waals surface area contributed by atoms with Gasteiger partial charge in [-0.15, -0.1) is 0 Å². The summed E-state index contributed by atoms with van der Waals surface area (Å²) in [7, 11) is 0. The van der Waals surface area contributed by atoms with Crippen molar-refractivity contribution in [1.29, 1.82) is 0 Å². The van der Waals surface area contributed by atoms with Crippen molar-refractivity contribution in [1.82, 2.24) is 9.97 Å². The fourth-order valence-electron chi connectivity index (χ4n) is 6.89. The molecule has 0 aliphatic rings. The molecular formula is C48H32N2. The molecule has 0 saturated heterocycles. The second-order valence-electron chi connectivity index (χ2n) is 12.6. The van der Waals surface area contributed by atoms with E-state index in [9.17, 15) is 0 Å². The highest BCUT2D eigenvalue weighted by molar-refractivity contribution is 6.09. The molecule has 9 aromatic rings. The van der Waals surface area contributed by atoms with E-state index >= 15 is 0 Å². The maximum absolute atomic E-state index is 5.16. The smallest absolute Gasteiger partial charge is 0.160 e. The Hall–Kier alpha value is -6.64. The van der Waals surface area contributed by atoms with Crippen molar-refractivity contribution in [3.63, 3.8) is 0 Å². The zero-order valence-electron chi connectivity index (χ0n) is 27.4. The number of hydrogen-bond acceptors (Lipinski definition) is 2. The number of rotatable bonds is 6. The van der Waals surface area contributed by atoms with Crippen LogP contribution in [-0.4, -0.2) is 9.97 Å². The van der Waals surface area contributed by atoms with E-state index in [4.69, 9.17) is 9.97 Å². The Balaban J connectivity index is 1.05. The van der Waals surface area contributed by atoms with Gasteiger partial charge < -0.3 is 0 Å². The van der Waals surface area contributed by atoms with Gasteiger partial charge in [0.1, 0.15) is 0 Å². The third-order valence-electron chi connectivity index (χ3n) is 9.48. The van der Waals surface area contributed by atoms with Gasteiger partial charge in [0, 0.05) is 21.9 Å². The average molecular weight is 637 g/mol. The van der Waals surface area contributed by atoms with Gasteiger partial charge in [0.2, 0.25) is 0 Å². The van der Waals surface area contributed by atoms with Crippen molar-refractivity contribution in [2.45, 2.75) is 0 Å². The molecule has 0 atom stereocenters. The van der Waals surface area contributed by atoms with Crippen LogP contribution >= 0.6 is 0 Å². The topological polar surface area (TPSA) is 25.8 Å². The van der Waals surface area contributed by atoms with E-state index in [1.54, 1.807) is 0 Å². The van der Waals surface area contributed by atoms with Gasteiger partial charge in [0.05, 0.1) is 11.2 Å². The first-order valence-electron chi connectivity index (χ1n) is 17.0. The second-order valence-corrected chi connectivity index (χ2v) is 12.6. The van der Waals surface area contributed by atoms with Crippen LogP contribution in [0.1, 0.15) is 0 Å². The van der Waals surface area contributed by atoms with Crippen molar-refractivity contribution in [3.8, 4) is 67.2 Å². The zero-order valence-corrected chi connectivity index (χ0v) is 27.4. The summed E-state index contributed by atoms with van der Waals surface area (Å²) in [6.07, 6.45) is 0. The lowest BCUT2D eigenvalue weighted by molar-refractivity contribution is 1.23. The first-order chi connectivity index (χ1) is 24.8. The molecule has 9 rings (SSSR count).